The number of aromatic nitrogens is 4. The topological polar surface area (TPSA) is 95.6 Å². The average Bonchev–Trinajstić information content (AvgIpc) is 3.53. The molecule has 1 aromatic carbocycles. The Balaban J connectivity index is 1.32. The standard InChI is InChI=1S/C24H24N6O/c1-14-8-18(11-25-10-14)24(31)29-19-5-3-4-17(9-19)15(2)28-21-13-27-23-22(30-21)20(12-26-23)16-6-7-16/h3-5,8-13,15-16H,6-7H2,1-2H3,(H,26,27)(H,28,30)(H,29,31)/t15-/m0/s1. The van der Waals surface area contributed by atoms with E-state index < -0.39 is 0 Å². The maximum Gasteiger partial charge on any atom is 0.257 e. The van der Waals surface area contributed by atoms with Crippen molar-refractivity contribution >= 4 is 28.6 Å². The maximum atomic E-state index is 12.5. The average molecular weight is 412 g/mol. The molecule has 1 atom stereocenters. The number of pyridine rings is 1. The molecule has 156 valence electrons. The number of fused-ring (bicyclic) bond motifs is 1. The van der Waals surface area contributed by atoms with Crippen molar-refractivity contribution < 1.29 is 4.79 Å². The summed E-state index contributed by atoms with van der Waals surface area (Å²) in [5.74, 6) is 1.17. The summed E-state index contributed by atoms with van der Waals surface area (Å²) in [5.41, 5.74) is 6.30. The normalized spacial score (nSPS) is 14.4. The molecule has 1 amide bonds. The maximum absolute atomic E-state index is 12.5. The van der Waals surface area contributed by atoms with E-state index in [4.69, 9.17) is 4.98 Å². The highest BCUT2D eigenvalue weighted by Gasteiger charge is 2.27. The number of aromatic amines is 1. The zero-order valence-electron chi connectivity index (χ0n) is 17.5. The highest BCUT2D eigenvalue weighted by Crippen LogP contribution is 2.42. The highest BCUT2D eigenvalue weighted by atomic mass is 16.1. The van der Waals surface area contributed by atoms with Crippen LogP contribution < -0.4 is 10.6 Å². The number of carbonyl (C=O) groups excluding carboxylic acids is 1. The second kappa shape index (κ2) is 7.83. The van der Waals surface area contributed by atoms with E-state index in [2.05, 4.69) is 32.5 Å². The van der Waals surface area contributed by atoms with Crippen molar-refractivity contribution in [3.8, 4) is 0 Å². The van der Waals surface area contributed by atoms with Crippen LogP contribution in [0.3, 0.4) is 0 Å². The van der Waals surface area contributed by atoms with E-state index in [1.165, 1.54) is 18.4 Å². The van der Waals surface area contributed by atoms with Crippen LogP contribution >= 0.6 is 0 Å². The molecule has 7 heteroatoms. The molecule has 1 aliphatic carbocycles. The molecule has 3 N–H and O–H groups in total. The monoisotopic (exact) mass is 412 g/mol. The summed E-state index contributed by atoms with van der Waals surface area (Å²) in [6.45, 7) is 3.98. The third-order valence-corrected chi connectivity index (χ3v) is 5.57. The van der Waals surface area contributed by atoms with Crippen LogP contribution in [0.15, 0.2) is 55.1 Å². The van der Waals surface area contributed by atoms with Gasteiger partial charge in [-0.1, -0.05) is 12.1 Å². The molecule has 0 radical (unpaired) electrons. The number of nitrogens with zero attached hydrogens (tertiary/aromatic N) is 3. The smallest absolute Gasteiger partial charge is 0.257 e. The number of nitrogens with one attached hydrogen (secondary N) is 3. The molecule has 0 saturated heterocycles. The van der Waals surface area contributed by atoms with Gasteiger partial charge in [-0.25, -0.2) is 9.97 Å². The van der Waals surface area contributed by atoms with Gasteiger partial charge in [0.05, 0.1) is 17.8 Å². The van der Waals surface area contributed by atoms with Crippen molar-refractivity contribution in [3.63, 3.8) is 0 Å². The molecule has 0 spiro atoms. The number of aryl methyl sites for hydroxylation is 1. The lowest BCUT2D eigenvalue weighted by atomic mass is 10.1. The van der Waals surface area contributed by atoms with Gasteiger partial charge in [0.1, 0.15) is 11.3 Å². The molecule has 1 fully saturated rings. The number of hydrogen-bond donors (Lipinski definition) is 3. The summed E-state index contributed by atoms with van der Waals surface area (Å²) in [4.78, 5) is 29.2. The largest absolute Gasteiger partial charge is 0.362 e. The van der Waals surface area contributed by atoms with Crippen molar-refractivity contribution in [2.75, 3.05) is 10.6 Å². The molecule has 0 aliphatic heterocycles. The molecule has 0 unspecified atom stereocenters. The van der Waals surface area contributed by atoms with Gasteiger partial charge in [0.2, 0.25) is 0 Å². The number of anilines is 2. The Morgan fingerprint density at radius 3 is 2.87 bits per heavy atom. The van der Waals surface area contributed by atoms with E-state index in [0.717, 1.165) is 33.8 Å². The van der Waals surface area contributed by atoms with Crippen molar-refractivity contribution in [3.05, 3.63) is 77.4 Å². The summed E-state index contributed by atoms with van der Waals surface area (Å²) < 4.78 is 0. The van der Waals surface area contributed by atoms with Gasteiger partial charge in [0.15, 0.2) is 5.65 Å². The van der Waals surface area contributed by atoms with E-state index in [9.17, 15) is 4.79 Å². The van der Waals surface area contributed by atoms with Gasteiger partial charge in [-0.05, 0) is 61.9 Å². The van der Waals surface area contributed by atoms with E-state index >= 15 is 0 Å². The zero-order chi connectivity index (χ0) is 21.4. The van der Waals surface area contributed by atoms with Gasteiger partial charge < -0.3 is 15.6 Å². The molecule has 3 aromatic heterocycles. The molecular weight excluding hydrogens is 388 g/mol. The van der Waals surface area contributed by atoms with Crippen LogP contribution in [0.2, 0.25) is 0 Å². The third kappa shape index (κ3) is 4.12. The van der Waals surface area contributed by atoms with Gasteiger partial charge in [-0.15, -0.1) is 0 Å². The van der Waals surface area contributed by atoms with Gasteiger partial charge in [0.25, 0.3) is 5.91 Å². The number of amides is 1. The predicted molar refractivity (Wildman–Crippen MR) is 121 cm³/mol. The van der Waals surface area contributed by atoms with Gasteiger partial charge in [-0.2, -0.15) is 0 Å². The summed E-state index contributed by atoms with van der Waals surface area (Å²) >= 11 is 0. The van der Waals surface area contributed by atoms with Crippen molar-refractivity contribution in [1.29, 1.82) is 0 Å². The van der Waals surface area contributed by atoms with Crippen LogP contribution in [-0.4, -0.2) is 25.8 Å². The Bertz CT molecular complexity index is 1260. The number of benzene rings is 1. The quantitative estimate of drug-likeness (QED) is 0.416. The summed E-state index contributed by atoms with van der Waals surface area (Å²) in [6, 6.07) is 9.63. The summed E-state index contributed by atoms with van der Waals surface area (Å²) in [5, 5.41) is 6.39. The van der Waals surface area contributed by atoms with Gasteiger partial charge >= 0.3 is 0 Å². The Morgan fingerprint density at radius 1 is 1.19 bits per heavy atom. The number of carbonyl (C=O) groups is 1. The molecule has 0 bridgehead atoms. The third-order valence-electron chi connectivity index (χ3n) is 5.57. The lowest BCUT2D eigenvalue weighted by Crippen LogP contribution is -2.13. The first kappa shape index (κ1) is 19.2. The SMILES string of the molecule is Cc1cncc(C(=O)Nc2cccc([C@H](C)Nc3cnc4[nH]cc(C5CC5)c4n3)c2)c1. The lowest BCUT2D eigenvalue weighted by molar-refractivity contribution is 0.102. The summed E-state index contributed by atoms with van der Waals surface area (Å²) in [6.07, 6.45) is 9.53. The molecule has 3 heterocycles. The zero-order valence-corrected chi connectivity index (χ0v) is 17.5. The van der Waals surface area contributed by atoms with Crippen molar-refractivity contribution in [2.45, 2.75) is 38.6 Å². The Kier molecular flexibility index (Phi) is 4.86. The van der Waals surface area contributed by atoms with Crippen LogP contribution in [0, 0.1) is 6.92 Å². The second-order valence-electron chi connectivity index (χ2n) is 8.17. The van der Waals surface area contributed by atoms with Crippen molar-refractivity contribution in [1.82, 2.24) is 19.9 Å². The van der Waals surface area contributed by atoms with Crippen LogP contribution in [0.25, 0.3) is 11.2 Å². The highest BCUT2D eigenvalue weighted by molar-refractivity contribution is 6.04. The molecule has 1 aliphatic rings. The fourth-order valence-electron chi connectivity index (χ4n) is 3.76. The van der Waals surface area contributed by atoms with Crippen molar-refractivity contribution in [2.24, 2.45) is 0 Å². The lowest BCUT2D eigenvalue weighted by Gasteiger charge is -2.16. The van der Waals surface area contributed by atoms with Crippen LogP contribution in [0.1, 0.15) is 58.8 Å². The number of hydrogen-bond acceptors (Lipinski definition) is 5. The predicted octanol–water partition coefficient (Wildman–Crippen LogP) is 4.96. The summed E-state index contributed by atoms with van der Waals surface area (Å²) in [7, 11) is 0. The first-order valence-electron chi connectivity index (χ1n) is 10.5. The Labute approximate surface area is 180 Å². The molecular formula is C24H24N6O. The van der Waals surface area contributed by atoms with E-state index in [1.807, 2.05) is 43.5 Å². The minimum Gasteiger partial charge on any atom is -0.362 e. The number of rotatable bonds is 6. The van der Waals surface area contributed by atoms with Gasteiger partial charge in [0, 0.05) is 29.8 Å². The molecule has 5 rings (SSSR count). The molecule has 31 heavy (non-hydrogen) atoms. The first-order chi connectivity index (χ1) is 15.1. The minimum atomic E-state index is -0.176. The first-order valence-corrected chi connectivity index (χ1v) is 10.5. The van der Waals surface area contributed by atoms with E-state index in [1.54, 1.807) is 18.6 Å². The molecule has 7 nitrogen and oxygen atoms in total. The van der Waals surface area contributed by atoms with E-state index in [-0.39, 0.29) is 11.9 Å². The fourth-order valence-corrected chi connectivity index (χ4v) is 3.76. The minimum absolute atomic E-state index is 0.00689. The molecule has 4 aromatic rings. The Morgan fingerprint density at radius 2 is 2.06 bits per heavy atom. The molecule has 1 saturated carbocycles. The fraction of sp³-hybridized carbons (Fsp3) is 0.250. The van der Waals surface area contributed by atoms with Crippen LogP contribution in [0.5, 0.6) is 0 Å². The second-order valence-corrected chi connectivity index (χ2v) is 8.17. The van der Waals surface area contributed by atoms with Crippen LogP contribution in [-0.2, 0) is 0 Å². The number of H-pyrrole nitrogens is 1. The van der Waals surface area contributed by atoms with Gasteiger partial charge in [-0.3, -0.25) is 9.78 Å². The van der Waals surface area contributed by atoms with Crippen LogP contribution in [0.4, 0.5) is 11.5 Å². The van der Waals surface area contributed by atoms with E-state index in [0.29, 0.717) is 11.5 Å². The Hall–Kier alpha value is -3.74.